The van der Waals surface area contributed by atoms with Gasteiger partial charge in [-0.15, -0.1) is 0 Å². The molecule has 1 aromatic carbocycles. The Morgan fingerprint density at radius 2 is 1.12 bits per heavy atom. The maximum atomic E-state index is 2.47. The highest BCUT2D eigenvalue weighted by Gasteiger charge is 2.23. The largest absolute Gasteiger partial charge is 0.0561 e. The van der Waals surface area contributed by atoms with Gasteiger partial charge in [0.2, 0.25) is 0 Å². The summed E-state index contributed by atoms with van der Waals surface area (Å²) in [5.41, 5.74) is 3.36. The SMILES string of the molecule is CC(C)(C)c1cc(I)c(C(C)(C)C)c(I)c1. The summed E-state index contributed by atoms with van der Waals surface area (Å²) in [5.74, 6) is 0. The van der Waals surface area contributed by atoms with Crippen molar-refractivity contribution in [3.63, 3.8) is 0 Å². The van der Waals surface area contributed by atoms with Crippen molar-refractivity contribution < 1.29 is 0 Å². The highest BCUT2D eigenvalue weighted by molar-refractivity contribution is 14.1. The van der Waals surface area contributed by atoms with Crippen LogP contribution in [-0.4, -0.2) is 0 Å². The molecule has 2 heteroatoms. The molecule has 0 aliphatic heterocycles. The third kappa shape index (κ3) is 3.34. The zero-order valence-corrected chi connectivity index (χ0v) is 15.2. The van der Waals surface area contributed by atoms with Gasteiger partial charge in [-0.25, -0.2) is 0 Å². The van der Waals surface area contributed by atoms with E-state index in [4.69, 9.17) is 0 Å². The Kier molecular flexibility index (Phi) is 4.37. The second-order valence-corrected chi connectivity index (χ2v) is 8.64. The smallest absolute Gasteiger partial charge is 0.0181 e. The van der Waals surface area contributed by atoms with Crippen LogP contribution in [0.3, 0.4) is 0 Å². The average molecular weight is 442 g/mol. The molecule has 0 amide bonds. The van der Waals surface area contributed by atoms with Crippen molar-refractivity contribution >= 4 is 45.2 Å². The fraction of sp³-hybridized carbons (Fsp3) is 0.571. The molecule has 0 heterocycles. The summed E-state index contributed by atoms with van der Waals surface area (Å²) in [6, 6.07) is 4.67. The van der Waals surface area contributed by atoms with E-state index in [1.54, 1.807) is 0 Å². The van der Waals surface area contributed by atoms with Crippen molar-refractivity contribution in [2.45, 2.75) is 52.4 Å². The van der Waals surface area contributed by atoms with Crippen LogP contribution in [0.4, 0.5) is 0 Å². The van der Waals surface area contributed by atoms with Crippen LogP contribution in [0.25, 0.3) is 0 Å². The molecule has 0 spiro atoms. The van der Waals surface area contributed by atoms with Gasteiger partial charge in [0.15, 0.2) is 0 Å². The molecule has 0 aromatic heterocycles. The summed E-state index contributed by atoms with van der Waals surface area (Å²) in [6.07, 6.45) is 0. The van der Waals surface area contributed by atoms with Crippen molar-refractivity contribution in [1.82, 2.24) is 0 Å². The summed E-state index contributed by atoms with van der Waals surface area (Å²) >= 11 is 4.94. The first-order chi connectivity index (χ1) is 7.03. The summed E-state index contributed by atoms with van der Waals surface area (Å²) in [6.45, 7) is 13.7. The van der Waals surface area contributed by atoms with Gasteiger partial charge >= 0.3 is 0 Å². The van der Waals surface area contributed by atoms with E-state index in [1.165, 1.54) is 18.3 Å². The van der Waals surface area contributed by atoms with E-state index in [-0.39, 0.29) is 10.8 Å². The Bertz CT molecular complexity index is 369. The molecular formula is C14H20I2. The lowest BCUT2D eigenvalue weighted by atomic mass is 9.82. The molecule has 0 nitrogen and oxygen atoms in total. The molecule has 0 unspecified atom stereocenters. The van der Waals surface area contributed by atoms with Crippen molar-refractivity contribution in [3.8, 4) is 0 Å². The lowest BCUT2D eigenvalue weighted by Gasteiger charge is -2.26. The monoisotopic (exact) mass is 442 g/mol. The van der Waals surface area contributed by atoms with Gasteiger partial charge in [-0.2, -0.15) is 0 Å². The van der Waals surface area contributed by atoms with Gasteiger partial charge in [-0.3, -0.25) is 0 Å². The molecule has 0 saturated heterocycles. The molecule has 16 heavy (non-hydrogen) atoms. The van der Waals surface area contributed by atoms with Crippen molar-refractivity contribution in [2.24, 2.45) is 0 Å². The minimum atomic E-state index is 0.226. The average Bonchev–Trinajstić information content (AvgIpc) is 1.97. The van der Waals surface area contributed by atoms with Crippen molar-refractivity contribution in [1.29, 1.82) is 0 Å². The normalized spacial score (nSPS) is 13.0. The topological polar surface area (TPSA) is 0 Å². The van der Waals surface area contributed by atoms with E-state index < -0.39 is 0 Å². The van der Waals surface area contributed by atoms with Crippen LogP contribution in [0.5, 0.6) is 0 Å². The molecule has 0 bridgehead atoms. The lowest BCUT2D eigenvalue weighted by molar-refractivity contribution is 0.570. The predicted molar refractivity (Wildman–Crippen MR) is 89.3 cm³/mol. The molecule has 90 valence electrons. The Labute approximate surface area is 127 Å². The Morgan fingerprint density at radius 1 is 0.750 bits per heavy atom. The summed E-state index contributed by atoms with van der Waals surface area (Å²) in [4.78, 5) is 0. The van der Waals surface area contributed by atoms with Gasteiger partial charge in [0.1, 0.15) is 0 Å². The van der Waals surface area contributed by atoms with Gasteiger partial charge < -0.3 is 0 Å². The quantitative estimate of drug-likeness (QED) is 0.467. The van der Waals surface area contributed by atoms with Crippen LogP contribution in [0, 0.1) is 7.14 Å². The molecular weight excluding hydrogens is 422 g/mol. The molecule has 1 rings (SSSR count). The molecule has 0 atom stereocenters. The van der Waals surface area contributed by atoms with Crippen LogP contribution < -0.4 is 0 Å². The van der Waals surface area contributed by atoms with Gasteiger partial charge in [0.25, 0.3) is 0 Å². The van der Waals surface area contributed by atoms with Crippen molar-refractivity contribution in [2.75, 3.05) is 0 Å². The summed E-state index contributed by atoms with van der Waals surface area (Å²) in [7, 11) is 0. The standard InChI is InChI=1S/C14H20I2/c1-13(2,3)9-7-10(15)12(11(16)8-9)14(4,5)6/h7-8H,1-6H3. The van der Waals surface area contributed by atoms with E-state index in [1.807, 2.05) is 0 Å². The Balaban J connectivity index is 3.41. The number of benzene rings is 1. The number of rotatable bonds is 0. The number of hydrogen-bond acceptors (Lipinski definition) is 0. The highest BCUT2D eigenvalue weighted by atomic mass is 127. The second-order valence-electron chi connectivity index (χ2n) is 6.31. The van der Waals surface area contributed by atoms with Crippen LogP contribution in [0.1, 0.15) is 52.7 Å². The molecule has 0 N–H and O–H groups in total. The predicted octanol–water partition coefficient (Wildman–Crippen LogP) is 5.49. The summed E-state index contributed by atoms with van der Waals surface area (Å²) < 4.78 is 2.78. The van der Waals surface area contributed by atoms with Gasteiger partial charge in [-0.05, 0) is 79.3 Å². The minimum absolute atomic E-state index is 0.226. The van der Waals surface area contributed by atoms with E-state index in [2.05, 4.69) is 98.9 Å². The lowest BCUT2D eigenvalue weighted by Crippen LogP contribution is -2.18. The second kappa shape index (κ2) is 4.75. The van der Waals surface area contributed by atoms with E-state index in [0.717, 1.165) is 0 Å². The third-order valence-electron chi connectivity index (χ3n) is 2.66. The highest BCUT2D eigenvalue weighted by Crippen LogP contribution is 2.35. The van der Waals surface area contributed by atoms with Crippen LogP contribution in [0.2, 0.25) is 0 Å². The Hall–Kier alpha value is 0.680. The van der Waals surface area contributed by atoms with E-state index in [9.17, 15) is 0 Å². The van der Waals surface area contributed by atoms with Gasteiger partial charge in [0.05, 0.1) is 0 Å². The zero-order chi connectivity index (χ0) is 12.7. The maximum Gasteiger partial charge on any atom is 0.0181 e. The number of halogens is 2. The molecule has 0 aliphatic rings. The molecule has 0 radical (unpaired) electrons. The zero-order valence-electron chi connectivity index (χ0n) is 10.9. The fourth-order valence-corrected chi connectivity index (χ4v) is 5.11. The van der Waals surface area contributed by atoms with Crippen LogP contribution in [-0.2, 0) is 10.8 Å². The van der Waals surface area contributed by atoms with Gasteiger partial charge in [-0.1, -0.05) is 41.5 Å². The number of hydrogen-bond donors (Lipinski definition) is 0. The van der Waals surface area contributed by atoms with E-state index >= 15 is 0 Å². The first kappa shape index (κ1) is 14.7. The van der Waals surface area contributed by atoms with Crippen molar-refractivity contribution in [3.05, 3.63) is 30.4 Å². The van der Waals surface area contributed by atoms with Gasteiger partial charge in [0, 0.05) is 7.14 Å². The Morgan fingerprint density at radius 3 is 1.38 bits per heavy atom. The maximum absolute atomic E-state index is 2.47. The van der Waals surface area contributed by atoms with Crippen LogP contribution in [0.15, 0.2) is 12.1 Å². The first-order valence-electron chi connectivity index (χ1n) is 5.53. The molecule has 0 saturated carbocycles. The molecule has 0 fully saturated rings. The third-order valence-corrected chi connectivity index (χ3v) is 4.36. The molecule has 1 aromatic rings. The fourth-order valence-electron chi connectivity index (χ4n) is 1.72. The summed E-state index contributed by atoms with van der Waals surface area (Å²) in [5, 5.41) is 0. The minimum Gasteiger partial charge on any atom is -0.0561 e. The van der Waals surface area contributed by atoms with Crippen LogP contribution >= 0.6 is 45.2 Å². The van der Waals surface area contributed by atoms with E-state index in [0.29, 0.717) is 0 Å². The molecule has 0 aliphatic carbocycles. The first-order valence-corrected chi connectivity index (χ1v) is 7.69.